The van der Waals surface area contributed by atoms with Crippen LogP contribution in [0.5, 0.6) is 5.75 Å². The first-order chi connectivity index (χ1) is 13.6. The molecule has 1 aromatic carbocycles. The number of likely N-dealkylation sites (tertiary alicyclic amines) is 2. The minimum absolute atomic E-state index is 0.0190. The van der Waals surface area contributed by atoms with Gasteiger partial charge in [-0.2, -0.15) is 0 Å². The molecular formula is C21H29N3O4. The molecule has 1 aromatic rings. The highest BCUT2D eigenvalue weighted by Gasteiger charge is 2.45. The highest BCUT2D eigenvalue weighted by Crippen LogP contribution is 2.37. The normalized spacial score (nSPS) is 25.9. The second kappa shape index (κ2) is 8.09. The maximum atomic E-state index is 13.6. The lowest BCUT2D eigenvalue weighted by molar-refractivity contribution is -0.131. The van der Waals surface area contributed by atoms with Crippen molar-refractivity contribution in [2.45, 2.75) is 44.4 Å². The lowest BCUT2D eigenvalue weighted by Gasteiger charge is -2.39. The topological polar surface area (TPSA) is 62.3 Å². The third-order valence-electron chi connectivity index (χ3n) is 6.20. The van der Waals surface area contributed by atoms with Crippen molar-refractivity contribution >= 4 is 17.5 Å². The Hall–Kier alpha value is -2.12. The molecule has 0 aromatic heterocycles. The van der Waals surface area contributed by atoms with E-state index in [4.69, 9.17) is 9.47 Å². The molecule has 0 radical (unpaired) electrons. The Balaban J connectivity index is 1.57. The zero-order valence-corrected chi connectivity index (χ0v) is 16.7. The van der Waals surface area contributed by atoms with Crippen molar-refractivity contribution in [1.29, 1.82) is 0 Å². The molecule has 0 spiro atoms. The third-order valence-corrected chi connectivity index (χ3v) is 6.20. The number of ether oxygens (including phenoxy) is 2. The van der Waals surface area contributed by atoms with Crippen LogP contribution < -0.4 is 9.64 Å². The van der Waals surface area contributed by atoms with Gasteiger partial charge >= 0.3 is 0 Å². The van der Waals surface area contributed by atoms with E-state index in [1.807, 2.05) is 34.1 Å². The predicted molar refractivity (Wildman–Crippen MR) is 105 cm³/mol. The van der Waals surface area contributed by atoms with Crippen molar-refractivity contribution in [3.05, 3.63) is 24.3 Å². The number of nitrogens with zero attached hydrogens (tertiary/aromatic N) is 3. The van der Waals surface area contributed by atoms with Crippen molar-refractivity contribution in [3.8, 4) is 5.75 Å². The molecule has 3 heterocycles. The molecule has 3 aliphatic rings. The Morgan fingerprint density at radius 2 is 2.00 bits per heavy atom. The molecule has 2 unspecified atom stereocenters. The van der Waals surface area contributed by atoms with Gasteiger partial charge < -0.3 is 19.3 Å². The van der Waals surface area contributed by atoms with Crippen LogP contribution in [0.2, 0.25) is 0 Å². The van der Waals surface area contributed by atoms with Gasteiger partial charge in [-0.25, -0.2) is 0 Å². The van der Waals surface area contributed by atoms with Crippen molar-refractivity contribution < 1.29 is 19.1 Å². The SMILES string of the molecule is COCCN1C(=O)C2CC(CN2C2CCN(C(C)=O)CC2)Oc2ccccc21. The summed E-state index contributed by atoms with van der Waals surface area (Å²) in [6.07, 6.45) is 2.54. The van der Waals surface area contributed by atoms with Gasteiger partial charge in [0.2, 0.25) is 11.8 Å². The molecule has 0 N–H and O–H groups in total. The van der Waals surface area contributed by atoms with Crippen molar-refractivity contribution in [1.82, 2.24) is 9.80 Å². The fraction of sp³-hybridized carbons (Fsp3) is 0.619. The fourth-order valence-corrected chi connectivity index (χ4v) is 4.74. The number of carbonyl (C=O) groups is 2. The lowest BCUT2D eigenvalue weighted by atomic mass is 10.0. The number of carbonyl (C=O) groups excluding carboxylic acids is 2. The monoisotopic (exact) mass is 387 g/mol. The fourth-order valence-electron chi connectivity index (χ4n) is 4.74. The van der Waals surface area contributed by atoms with Gasteiger partial charge in [-0.3, -0.25) is 14.5 Å². The van der Waals surface area contributed by atoms with Gasteiger partial charge in [-0.05, 0) is 25.0 Å². The molecule has 2 saturated heterocycles. The maximum absolute atomic E-state index is 13.6. The van der Waals surface area contributed by atoms with E-state index in [9.17, 15) is 9.59 Å². The second-order valence-electron chi connectivity index (χ2n) is 7.88. The summed E-state index contributed by atoms with van der Waals surface area (Å²) in [5.74, 6) is 1.03. The van der Waals surface area contributed by atoms with E-state index in [1.165, 1.54) is 0 Å². The first-order valence-corrected chi connectivity index (χ1v) is 10.2. The number of fused-ring (bicyclic) bond motifs is 3. The first-order valence-electron chi connectivity index (χ1n) is 10.2. The quantitative estimate of drug-likeness (QED) is 0.784. The standard InChI is InChI=1S/C21H29N3O4/c1-15(25)22-9-7-16(8-10-22)24-14-17-13-19(24)21(26)23(11-12-27-2)18-5-3-4-6-20(18)28-17/h3-6,16-17,19H,7-14H2,1-2H3. The van der Waals surface area contributed by atoms with E-state index < -0.39 is 0 Å². The summed E-state index contributed by atoms with van der Waals surface area (Å²) >= 11 is 0. The van der Waals surface area contributed by atoms with Crippen LogP contribution in [0, 0.1) is 0 Å². The van der Waals surface area contributed by atoms with Gasteiger partial charge in [0, 0.05) is 52.7 Å². The molecule has 28 heavy (non-hydrogen) atoms. The summed E-state index contributed by atoms with van der Waals surface area (Å²) in [5.41, 5.74) is 0.826. The Morgan fingerprint density at radius 3 is 2.71 bits per heavy atom. The van der Waals surface area contributed by atoms with Crippen LogP contribution in [0.15, 0.2) is 24.3 Å². The summed E-state index contributed by atoms with van der Waals surface area (Å²) in [6.45, 7) is 4.89. The number of hydrogen-bond acceptors (Lipinski definition) is 5. The van der Waals surface area contributed by atoms with Crippen LogP contribution in [-0.4, -0.2) is 79.7 Å². The van der Waals surface area contributed by atoms with Crippen molar-refractivity contribution in [2.24, 2.45) is 0 Å². The number of amides is 2. The average molecular weight is 387 g/mol. The van der Waals surface area contributed by atoms with Crippen LogP contribution in [0.25, 0.3) is 0 Å². The molecule has 152 valence electrons. The number of para-hydroxylation sites is 2. The van der Waals surface area contributed by atoms with Crippen LogP contribution in [0.3, 0.4) is 0 Å². The summed E-state index contributed by atoms with van der Waals surface area (Å²) in [4.78, 5) is 31.3. The lowest BCUT2D eigenvalue weighted by Crippen LogP contribution is -2.53. The molecular weight excluding hydrogens is 358 g/mol. The van der Waals surface area contributed by atoms with E-state index >= 15 is 0 Å². The molecule has 0 saturated carbocycles. The first kappa shape index (κ1) is 19.2. The van der Waals surface area contributed by atoms with Crippen LogP contribution in [0.1, 0.15) is 26.2 Å². The van der Waals surface area contributed by atoms with Crippen molar-refractivity contribution in [2.75, 3.05) is 44.8 Å². The number of anilines is 1. The summed E-state index contributed by atoms with van der Waals surface area (Å²) in [5, 5.41) is 0. The number of rotatable bonds is 4. The molecule has 7 heteroatoms. The zero-order valence-electron chi connectivity index (χ0n) is 16.7. The van der Waals surface area contributed by atoms with Gasteiger partial charge in [0.1, 0.15) is 11.9 Å². The number of hydrogen-bond donors (Lipinski definition) is 0. The van der Waals surface area contributed by atoms with Crippen LogP contribution in [-0.2, 0) is 14.3 Å². The molecule has 2 atom stereocenters. The van der Waals surface area contributed by atoms with Gasteiger partial charge in [0.25, 0.3) is 0 Å². The van der Waals surface area contributed by atoms with Crippen molar-refractivity contribution in [3.63, 3.8) is 0 Å². The van der Waals surface area contributed by atoms with E-state index in [0.717, 1.165) is 43.9 Å². The Kier molecular flexibility index (Phi) is 5.55. The molecule has 2 bridgehead atoms. The Morgan fingerprint density at radius 1 is 1.25 bits per heavy atom. The van der Waals surface area contributed by atoms with Crippen LogP contribution in [0.4, 0.5) is 5.69 Å². The molecule has 0 aliphatic carbocycles. The van der Waals surface area contributed by atoms with Gasteiger partial charge in [0.15, 0.2) is 0 Å². The zero-order chi connectivity index (χ0) is 19.7. The van der Waals surface area contributed by atoms with E-state index in [0.29, 0.717) is 25.6 Å². The molecule has 3 aliphatic heterocycles. The van der Waals surface area contributed by atoms with Gasteiger partial charge in [0.05, 0.1) is 18.3 Å². The Labute approximate surface area is 166 Å². The van der Waals surface area contributed by atoms with Crippen LogP contribution >= 0.6 is 0 Å². The van der Waals surface area contributed by atoms with Gasteiger partial charge in [-0.15, -0.1) is 0 Å². The summed E-state index contributed by atoms with van der Waals surface area (Å²) in [7, 11) is 1.65. The second-order valence-corrected chi connectivity index (χ2v) is 7.88. The minimum atomic E-state index is -0.177. The molecule has 7 nitrogen and oxygen atoms in total. The third kappa shape index (κ3) is 3.61. The molecule has 4 rings (SSSR count). The smallest absolute Gasteiger partial charge is 0.244 e. The minimum Gasteiger partial charge on any atom is -0.487 e. The van der Waals surface area contributed by atoms with E-state index in [2.05, 4.69) is 4.90 Å². The summed E-state index contributed by atoms with van der Waals surface area (Å²) < 4.78 is 11.6. The molecule has 2 amide bonds. The van der Waals surface area contributed by atoms with E-state index in [-0.39, 0.29) is 24.0 Å². The van der Waals surface area contributed by atoms with Gasteiger partial charge in [-0.1, -0.05) is 12.1 Å². The number of piperidine rings is 1. The molecule has 2 fully saturated rings. The van der Waals surface area contributed by atoms with E-state index in [1.54, 1.807) is 14.0 Å². The highest BCUT2D eigenvalue weighted by molar-refractivity contribution is 5.99. The average Bonchev–Trinajstić information content (AvgIpc) is 3.13. The number of benzene rings is 1. The maximum Gasteiger partial charge on any atom is 0.244 e. The Bertz CT molecular complexity index is 732. The predicted octanol–water partition coefficient (Wildman–Crippen LogP) is 1.51. The number of methoxy groups -OCH3 is 1. The highest BCUT2D eigenvalue weighted by atomic mass is 16.5. The largest absolute Gasteiger partial charge is 0.487 e. The summed E-state index contributed by atoms with van der Waals surface area (Å²) in [6, 6.07) is 7.91.